The molecule has 0 amide bonds. The van der Waals surface area contributed by atoms with Crippen LogP contribution in [0.4, 0.5) is 0 Å². The number of esters is 1. The third-order valence-corrected chi connectivity index (χ3v) is 2.95. The molecule has 0 fully saturated rings. The van der Waals surface area contributed by atoms with Crippen molar-refractivity contribution in [2.75, 3.05) is 40.1 Å². The molecule has 0 saturated carbocycles. The molecular weight excluding hydrogens is 246 g/mol. The summed E-state index contributed by atoms with van der Waals surface area (Å²) in [7, 11) is 1.64. The van der Waals surface area contributed by atoms with E-state index < -0.39 is 0 Å². The van der Waals surface area contributed by atoms with Crippen LogP contribution < -0.4 is 5.73 Å². The van der Waals surface area contributed by atoms with E-state index in [1.54, 1.807) is 7.11 Å². The van der Waals surface area contributed by atoms with Crippen molar-refractivity contribution < 1.29 is 19.0 Å². The maximum atomic E-state index is 11.5. The lowest BCUT2D eigenvalue weighted by atomic mass is 9.84. The third-order valence-electron chi connectivity index (χ3n) is 2.95. The molecule has 114 valence electrons. The van der Waals surface area contributed by atoms with Crippen molar-refractivity contribution in [1.82, 2.24) is 0 Å². The van der Waals surface area contributed by atoms with Crippen LogP contribution in [0.2, 0.25) is 0 Å². The Labute approximate surface area is 116 Å². The average Bonchev–Trinajstić information content (AvgIpc) is 2.35. The second-order valence-electron chi connectivity index (χ2n) is 5.38. The molecule has 0 bridgehead atoms. The molecule has 0 spiro atoms. The number of ether oxygens (including phenoxy) is 3. The van der Waals surface area contributed by atoms with E-state index in [4.69, 9.17) is 19.9 Å². The Balaban J connectivity index is 3.44. The minimum atomic E-state index is -0.137. The largest absolute Gasteiger partial charge is 0.466 e. The number of rotatable bonds is 12. The van der Waals surface area contributed by atoms with Crippen LogP contribution in [0, 0.1) is 5.41 Å². The van der Waals surface area contributed by atoms with Crippen LogP contribution in [0.25, 0.3) is 0 Å². The van der Waals surface area contributed by atoms with Crippen LogP contribution in [-0.4, -0.2) is 46.1 Å². The minimum Gasteiger partial charge on any atom is -0.466 e. The van der Waals surface area contributed by atoms with Crippen molar-refractivity contribution in [3.63, 3.8) is 0 Å². The molecule has 0 unspecified atom stereocenters. The zero-order chi connectivity index (χ0) is 14.6. The Morgan fingerprint density at radius 2 is 1.84 bits per heavy atom. The van der Waals surface area contributed by atoms with Crippen molar-refractivity contribution in [3.8, 4) is 0 Å². The van der Waals surface area contributed by atoms with Crippen LogP contribution >= 0.6 is 0 Å². The van der Waals surface area contributed by atoms with Crippen LogP contribution in [-0.2, 0) is 19.0 Å². The first-order chi connectivity index (χ1) is 9.02. The van der Waals surface area contributed by atoms with E-state index in [0.29, 0.717) is 39.4 Å². The van der Waals surface area contributed by atoms with Crippen LogP contribution in [0.3, 0.4) is 0 Å². The van der Waals surface area contributed by atoms with E-state index in [-0.39, 0.29) is 11.4 Å². The van der Waals surface area contributed by atoms with Gasteiger partial charge in [-0.05, 0) is 24.8 Å². The molecule has 5 nitrogen and oxygen atoms in total. The Kier molecular flexibility index (Phi) is 10.8. The fourth-order valence-electron chi connectivity index (χ4n) is 1.62. The van der Waals surface area contributed by atoms with E-state index in [9.17, 15) is 4.79 Å². The number of carbonyl (C=O) groups excluding carboxylic acids is 1. The van der Waals surface area contributed by atoms with Gasteiger partial charge in [0.2, 0.25) is 0 Å². The van der Waals surface area contributed by atoms with Gasteiger partial charge in [-0.1, -0.05) is 13.8 Å². The van der Waals surface area contributed by atoms with Crippen molar-refractivity contribution in [1.29, 1.82) is 0 Å². The van der Waals surface area contributed by atoms with Crippen molar-refractivity contribution >= 4 is 5.97 Å². The molecule has 0 atom stereocenters. The van der Waals surface area contributed by atoms with E-state index in [1.165, 1.54) is 0 Å². The predicted molar refractivity (Wildman–Crippen MR) is 75.0 cm³/mol. The first-order valence-corrected chi connectivity index (χ1v) is 6.94. The lowest BCUT2D eigenvalue weighted by molar-refractivity contribution is -0.144. The van der Waals surface area contributed by atoms with Gasteiger partial charge in [0.05, 0.1) is 19.8 Å². The van der Waals surface area contributed by atoms with Crippen molar-refractivity contribution in [2.45, 2.75) is 39.5 Å². The van der Waals surface area contributed by atoms with E-state index in [0.717, 1.165) is 19.3 Å². The maximum Gasteiger partial charge on any atom is 0.305 e. The lowest BCUT2D eigenvalue weighted by Crippen LogP contribution is -2.19. The Bertz CT molecular complexity index is 231. The van der Waals surface area contributed by atoms with Crippen LogP contribution in [0.15, 0.2) is 0 Å². The van der Waals surface area contributed by atoms with Crippen molar-refractivity contribution in [3.05, 3.63) is 0 Å². The summed E-state index contributed by atoms with van der Waals surface area (Å²) in [6.07, 6.45) is 2.92. The highest BCUT2D eigenvalue weighted by molar-refractivity contribution is 5.69. The molecule has 0 aromatic carbocycles. The first kappa shape index (κ1) is 18.4. The summed E-state index contributed by atoms with van der Waals surface area (Å²) in [5, 5.41) is 0. The average molecular weight is 275 g/mol. The van der Waals surface area contributed by atoms with Gasteiger partial charge in [-0.2, -0.15) is 0 Å². The summed E-state index contributed by atoms with van der Waals surface area (Å²) in [6.45, 7) is 7.08. The summed E-state index contributed by atoms with van der Waals surface area (Å²) >= 11 is 0. The number of hydrogen-bond acceptors (Lipinski definition) is 5. The Hall–Kier alpha value is -0.650. The van der Waals surface area contributed by atoms with Gasteiger partial charge < -0.3 is 19.9 Å². The number of nitrogens with two attached hydrogens (primary N) is 1. The van der Waals surface area contributed by atoms with Gasteiger partial charge in [0.25, 0.3) is 0 Å². The summed E-state index contributed by atoms with van der Waals surface area (Å²) in [4.78, 5) is 11.5. The number of hydrogen-bond donors (Lipinski definition) is 1. The van der Waals surface area contributed by atoms with E-state index in [1.807, 2.05) is 0 Å². The molecule has 2 N–H and O–H groups in total. The third kappa shape index (κ3) is 12.1. The Morgan fingerprint density at radius 3 is 2.47 bits per heavy atom. The second kappa shape index (κ2) is 11.2. The van der Waals surface area contributed by atoms with Gasteiger partial charge in [-0.15, -0.1) is 0 Å². The van der Waals surface area contributed by atoms with Gasteiger partial charge in [-0.3, -0.25) is 4.79 Å². The quantitative estimate of drug-likeness (QED) is 0.434. The summed E-state index contributed by atoms with van der Waals surface area (Å²) in [5.41, 5.74) is 5.64. The van der Waals surface area contributed by atoms with E-state index >= 15 is 0 Å². The van der Waals surface area contributed by atoms with Gasteiger partial charge in [-0.25, -0.2) is 0 Å². The van der Waals surface area contributed by atoms with Gasteiger partial charge in [0.15, 0.2) is 0 Å². The smallest absolute Gasteiger partial charge is 0.305 e. The normalized spacial score (nSPS) is 11.6. The second-order valence-corrected chi connectivity index (χ2v) is 5.38. The monoisotopic (exact) mass is 275 g/mol. The zero-order valence-corrected chi connectivity index (χ0v) is 12.6. The van der Waals surface area contributed by atoms with Crippen LogP contribution in [0.1, 0.15) is 39.5 Å². The van der Waals surface area contributed by atoms with Gasteiger partial charge in [0, 0.05) is 26.6 Å². The Morgan fingerprint density at radius 1 is 1.11 bits per heavy atom. The highest BCUT2D eigenvalue weighted by atomic mass is 16.5. The SMILES string of the molecule is COCCOCCCOC(=O)CCC(C)(C)CCN. The molecule has 5 heteroatoms. The number of carbonyl (C=O) groups is 1. The molecule has 0 heterocycles. The lowest BCUT2D eigenvalue weighted by Gasteiger charge is -2.23. The summed E-state index contributed by atoms with van der Waals surface area (Å²) in [5.74, 6) is -0.137. The van der Waals surface area contributed by atoms with Gasteiger partial charge in [0.1, 0.15) is 0 Å². The maximum absolute atomic E-state index is 11.5. The molecule has 0 aliphatic heterocycles. The van der Waals surface area contributed by atoms with E-state index in [2.05, 4.69) is 13.8 Å². The zero-order valence-electron chi connectivity index (χ0n) is 12.6. The topological polar surface area (TPSA) is 70.8 Å². The molecular formula is C14H29NO4. The fraction of sp³-hybridized carbons (Fsp3) is 0.929. The highest BCUT2D eigenvalue weighted by Crippen LogP contribution is 2.25. The highest BCUT2D eigenvalue weighted by Gasteiger charge is 2.18. The van der Waals surface area contributed by atoms with Crippen molar-refractivity contribution in [2.24, 2.45) is 11.1 Å². The first-order valence-electron chi connectivity index (χ1n) is 6.94. The summed E-state index contributed by atoms with van der Waals surface area (Å²) < 4.78 is 15.3. The molecule has 0 saturated heterocycles. The molecule has 0 rings (SSSR count). The minimum absolute atomic E-state index is 0.108. The predicted octanol–water partition coefficient (Wildman–Crippen LogP) is 1.74. The molecule has 0 aliphatic carbocycles. The van der Waals surface area contributed by atoms with Gasteiger partial charge >= 0.3 is 5.97 Å². The molecule has 0 aromatic rings. The molecule has 0 aromatic heterocycles. The molecule has 0 radical (unpaired) electrons. The standard InChI is InChI=1S/C14H29NO4/c1-14(2,7-8-15)6-5-13(16)19-10-4-9-18-12-11-17-3/h4-12,15H2,1-3H3. The van der Waals surface area contributed by atoms with Crippen LogP contribution in [0.5, 0.6) is 0 Å². The number of methoxy groups -OCH3 is 1. The molecule has 0 aliphatic rings. The summed E-state index contributed by atoms with van der Waals surface area (Å²) in [6, 6.07) is 0. The fourth-order valence-corrected chi connectivity index (χ4v) is 1.62. The molecule has 19 heavy (non-hydrogen) atoms.